The topological polar surface area (TPSA) is 109 Å². The van der Waals surface area contributed by atoms with E-state index >= 15 is 0 Å². The summed E-state index contributed by atoms with van der Waals surface area (Å²) in [5, 5.41) is 11.0. The van der Waals surface area contributed by atoms with Gasteiger partial charge in [-0.25, -0.2) is 9.59 Å². The van der Waals surface area contributed by atoms with Gasteiger partial charge in [0.1, 0.15) is 17.1 Å². The lowest BCUT2D eigenvalue weighted by Gasteiger charge is -2.29. The van der Waals surface area contributed by atoms with Crippen LogP contribution in [0.5, 0.6) is 0 Å². The molecule has 1 saturated heterocycles. The number of cyclic esters (lactones) is 2. The van der Waals surface area contributed by atoms with E-state index < -0.39 is 22.6 Å². The minimum absolute atomic E-state index is 0.0661. The van der Waals surface area contributed by atoms with Gasteiger partial charge in [-0.15, -0.1) is 0 Å². The summed E-state index contributed by atoms with van der Waals surface area (Å²) < 4.78 is 15.7. The lowest BCUT2D eigenvalue weighted by molar-refractivity contribution is -0.384. The molecule has 0 aliphatic carbocycles. The molecule has 0 atom stereocenters. The van der Waals surface area contributed by atoms with Crippen LogP contribution in [-0.2, 0) is 19.1 Å². The highest BCUT2D eigenvalue weighted by atomic mass is 16.7. The first-order valence-electron chi connectivity index (χ1n) is 7.70. The largest absolute Gasteiger partial charge is 0.457 e. The van der Waals surface area contributed by atoms with Gasteiger partial charge in [-0.3, -0.25) is 10.1 Å². The number of hydrogen-bond acceptors (Lipinski definition) is 7. The standard InChI is InChI=1S/C18H15NO7/c1-10-4-5-11(19(22)23)8-13(10)15-7-6-12(24-15)9-14-16(20)25-18(2,3)26-17(14)21/h4-9H,1-3H3. The zero-order valence-electron chi connectivity index (χ0n) is 14.3. The summed E-state index contributed by atoms with van der Waals surface area (Å²) in [5.74, 6) is -2.35. The Morgan fingerprint density at radius 1 is 1.08 bits per heavy atom. The number of nitrogens with zero attached hydrogens (tertiary/aromatic N) is 1. The Balaban J connectivity index is 1.94. The van der Waals surface area contributed by atoms with Gasteiger partial charge in [0, 0.05) is 37.6 Å². The van der Waals surface area contributed by atoms with Crippen molar-refractivity contribution in [2.75, 3.05) is 0 Å². The van der Waals surface area contributed by atoms with Crippen molar-refractivity contribution in [3.8, 4) is 11.3 Å². The van der Waals surface area contributed by atoms with Crippen molar-refractivity contribution >= 4 is 23.7 Å². The molecule has 2 aromatic rings. The van der Waals surface area contributed by atoms with Crippen LogP contribution in [-0.4, -0.2) is 22.6 Å². The molecule has 3 rings (SSSR count). The first-order chi connectivity index (χ1) is 12.2. The zero-order chi connectivity index (χ0) is 19.1. The number of nitro groups is 1. The number of nitro benzene ring substituents is 1. The van der Waals surface area contributed by atoms with E-state index in [0.29, 0.717) is 11.3 Å². The van der Waals surface area contributed by atoms with Gasteiger partial charge in [0.05, 0.1) is 4.92 Å². The first kappa shape index (κ1) is 17.4. The summed E-state index contributed by atoms with van der Waals surface area (Å²) in [6.07, 6.45) is 1.22. The van der Waals surface area contributed by atoms with Crippen LogP contribution in [0.1, 0.15) is 25.2 Å². The smallest absolute Gasteiger partial charge is 0.348 e. The second-order valence-electron chi connectivity index (χ2n) is 6.20. The predicted molar refractivity (Wildman–Crippen MR) is 89.8 cm³/mol. The lowest BCUT2D eigenvalue weighted by atomic mass is 10.1. The summed E-state index contributed by atoms with van der Waals surface area (Å²) >= 11 is 0. The molecule has 1 aromatic carbocycles. The molecule has 2 heterocycles. The molecule has 26 heavy (non-hydrogen) atoms. The normalized spacial score (nSPS) is 16.0. The third-order valence-corrected chi connectivity index (χ3v) is 3.73. The summed E-state index contributed by atoms with van der Waals surface area (Å²) in [4.78, 5) is 34.4. The monoisotopic (exact) mass is 357 g/mol. The Labute approximate surface area is 148 Å². The van der Waals surface area contributed by atoms with Crippen molar-refractivity contribution < 1.29 is 28.4 Å². The van der Waals surface area contributed by atoms with E-state index in [1.165, 1.54) is 32.1 Å². The van der Waals surface area contributed by atoms with E-state index in [4.69, 9.17) is 13.9 Å². The van der Waals surface area contributed by atoms with Gasteiger partial charge in [0.25, 0.3) is 11.5 Å². The summed E-state index contributed by atoms with van der Waals surface area (Å²) in [6, 6.07) is 7.56. The molecule has 0 saturated carbocycles. The van der Waals surface area contributed by atoms with Crippen LogP contribution < -0.4 is 0 Å². The van der Waals surface area contributed by atoms with Crippen LogP contribution in [0.3, 0.4) is 0 Å². The fraction of sp³-hybridized carbons (Fsp3) is 0.222. The van der Waals surface area contributed by atoms with Gasteiger partial charge in [-0.05, 0) is 24.6 Å². The Bertz CT molecular complexity index is 930. The molecular weight excluding hydrogens is 342 g/mol. The van der Waals surface area contributed by atoms with E-state index in [0.717, 1.165) is 5.56 Å². The number of rotatable bonds is 3. The molecule has 1 aromatic heterocycles. The van der Waals surface area contributed by atoms with Crippen molar-refractivity contribution in [2.24, 2.45) is 0 Å². The second kappa shape index (κ2) is 6.14. The lowest BCUT2D eigenvalue weighted by Crippen LogP contribution is -2.41. The number of benzene rings is 1. The minimum atomic E-state index is -1.32. The molecule has 0 unspecified atom stereocenters. The highest BCUT2D eigenvalue weighted by Crippen LogP contribution is 2.30. The summed E-state index contributed by atoms with van der Waals surface area (Å²) in [6.45, 7) is 4.70. The van der Waals surface area contributed by atoms with E-state index in [1.807, 2.05) is 0 Å². The average molecular weight is 357 g/mol. The SMILES string of the molecule is Cc1ccc([N+](=O)[O-])cc1-c1ccc(C=C2C(=O)OC(C)(C)OC2=O)o1. The predicted octanol–water partition coefficient (Wildman–Crippen LogP) is 3.38. The molecule has 0 radical (unpaired) electrons. The third kappa shape index (κ3) is 3.34. The van der Waals surface area contributed by atoms with Gasteiger partial charge < -0.3 is 13.9 Å². The number of non-ortho nitro benzene ring substituents is 1. The van der Waals surface area contributed by atoms with Crippen molar-refractivity contribution in [1.82, 2.24) is 0 Å². The number of aryl methyl sites for hydroxylation is 1. The third-order valence-electron chi connectivity index (χ3n) is 3.73. The fourth-order valence-corrected chi connectivity index (χ4v) is 2.48. The first-order valence-corrected chi connectivity index (χ1v) is 7.70. The van der Waals surface area contributed by atoms with E-state index in [9.17, 15) is 19.7 Å². The Hall–Kier alpha value is -3.42. The quantitative estimate of drug-likeness (QED) is 0.272. The van der Waals surface area contributed by atoms with Crippen LogP contribution in [0.15, 0.2) is 40.3 Å². The molecule has 8 nitrogen and oxygen atoms in total. The summed E-state index contributed by atoms with van der Waals surface area (Å²) in [7, 11) is 0. The number of esters is 2. The zero-order valence-corrected chi connectivity index (χ0v) is 14.3. The summed E-state index contributed by atoms with van der Waals surface area (Å²) in [5.41, 5.74) is 0.964. The van der Waals surface area contributed by atoms with Gasteiger partial charge in [0.15, 0.2) is 0 Å². The number of carbonyl (C=O) groups is 2. The highest BCUT2D eigenvalue weighted by Gasteiger charge is 2.39. The number of hydrogen-bond donors (Lipinski definition) is 0. The van der Waals surface area contributed by atoms with E-state index in [-0.39, 0.29) is 17.0 Å². The highest BCUT2D eigenvalue weighted by molar-refractivity contribution is 6.18. The van der Waals surface area contributed by atoms with Gasteiger partial charge >= 0.3 is 11.9 Å². The van der Waals surface area contributed by atoms with Crippen molar-refractivity contribution in [1.29, 1.82) is 0 Å². The number of carbonyl (C=O) groups excluding carboxylic acids is 2. The Kier molecular flexibility index (Phi) is 4.11. The maximum atomic E-state index is 12.0. The van der Waals surface area contributed by atoms with Gasteiger partial charge in [-0.2, -0.15) is 0 Å². The Morgan fingerprint density at radius 3 is 2.35 bits per heavy atom. The molecule has 1 aliphatic rings. The van der Waals surface area contributed by atoms with Crippen LogP contribution in [0.2, 0.25) is 0 Å². The number of ether oxygens (including phenoxy) is 2. The maximum absolute atomic E-state index is 12.0. The molecule has 0 amide bonds. The average Bonchev–Trinajstić information content (AvgIpc) is 2.98. The van der Waals surface area contributed by atoms with Crippen LogP contribution >= 0.6 is 0 Å². The molecule has 1 aliphatic heterocycles. The van der Waals surface area contributed by atoms with Gasteiger partial charge in [-0.1, -0.05) is 6.07 Å². The maximum Gasteiger partial charge on any atom is 0.348 e. The van der Waals surface area contributed by atoms with Crippen molar-refractivity contribution in [2.45, 2.75) is 26.6 Å². The molecular formula is C18H15NO7. The van der Waals surface area contributed by atoms with E-state index in [1.54, 1.807) is 25.1 Å². The van der Waals surface area contributed by atoms with Crippen LogP contribution in [0, 0.1) is 17.0 Å². The number of furan rings is 1. The second-order valence-corrected chi connectivity index (χ2v) is 6.20. The molecule has 0 N–H and O–H groups in total. The van der Waals surface area contributed by atoms with E-state index in [2.05, 4.69) is 0 Å². The van der Waals surface area contributed by atoms with Crippen molar-refractivity contribution in [3.05, 3.63) is 57.3 Å². The fourth-order valence-electron chi connectivity index (χ4n) is 2.48. The molecule has 0 spiro atoms. The molecule has 8 heteroatoms. The minimum Gasteiger partial charge on any atom is -0.457 e. The molecule has 0 bridgehead atoms. The molecule has 134 valence electrons. The van der Waals surface area contributed by atoms with Crippen LogP contribution in [0.4, 0.5) is 5.69 Å². The van der Waals surface area contributed by atoms with Gasteiger partial charge in [0.2, 0.25) is 0 Å². The molecule has 1 fully saturated rings. The van der Waals surface area contributed by atoms with Crippen LogP contribution in [0.25, 0.3) is 17.4 Å². The van der Waals surface area contributed by atoms with Crippen molar-refractivity contribution in [3.63, 3.8) is 0 Å². The Morgan fingerprint density at radius 2 is 1.73 bits per heavy atom.